The van der Waals surface area contributed by atoms with Gasteiger partial charge >= 0.3 is 12.6 Å². The first-order chi connectivity index (χ1) is 10.4. The number of hydrogen-bond acceptors (Lipinski definition) is 3. The van der Waals surface area contributed by atoms with Crippen molar-refractivity contribution in [3.63, 3.8) is 0 Å². The summed E-state index contributed by atoms with van der Waals surface area (Å²) in [5, 5.41) is 9.02. The molecule has 0 aliphatic rings. The summed E-state index contributed by atoms with van der Waals surface area (Å²) in [6.07, 6.45) is 0. The minimum Gasteiger partial charge on any atom is -0.497 e. The van der Waals surface area contributed by atoms with Gasteiger partial charge in [0.25, 0.3) is 0 Å². The Labute approximate surface area is 123 Å². The molecule has 0 heterocycles. The third-order valence-electron chi connectivity index (χ3n) is 2.86. The summed E-state index contributed by atoms with van der Waals surface area (Å²) in [5.41, 5.74) is -0.191. The molecule has 0 unspecified atom stereocenters. The fraction of sp³-hybridized carbons (Fsp3) is 0.133. The van der Waals surface area contributed by atoms with Crippen molar-refractivity contribution in [2.24, 2.45) is 0 Å². The molecule has 0 atom stereocenters. The average Bonchev–Trinajstić information content (AvgIpc) is 2.46. The van der Waals surface area contributed by atoms with Crippen LogP contribution in [0, 0.1) is 5.82 Å². The van der Waals surface area contributed by atoms with Crippen molar-refractivity contribution in [3.8, 4) is 22.6 Å². The molecule has 0 saturated carbocycles. The molecule has 0 fully saturated rings. The van der Waals surface area contributed by atoms with Crippen molar-refractivity contribution in [2.45, 2.75) is 6.61 Å². The molecule has 0 bridgehead atoms. The molecule has 0 aliphatic heterocycles. The van der Waals surface area contributed by atoms with Crippen LogP contribution in [0.15, 0.2) is 36.4 Å². The Balaban J connectivity index is 2.58. The van der Waals surface area contributed by atoms with Crippen LogP contribution in [0.3, 0.4) is 0 Å². The number of carbonyl (C=O) groups is 1. The Morgan fingerprint density at radius 1 is 1.14 bits per heavy atom. The molecule has 0 aromatic heterocycles. The van der Waals surface area contributed by atoms with Gasteiger partial charge in [0.05, 0.1) is 12.7 Å². The Morgan fingerprint density at radius 2 is 1.86 bits per heavy atom. The highest BCUT2D eigenvalue weighted by Crippen LogP contribution is 2.31. The highest BCUT2D eigenvalue weighted by atomic mass is 19.3. The maximum Gasteiger partial charge on any atom is 0.387 e. The minimum atomic E-state index is -3.12. The van der Waals surface area contributed by atoms with Gasteiger partial charge in [-0.3, -0.25) is 0 Å². The number of halogens is 3. The number of benzene rings is 2. The summed E-state index contributed by atoms with van der Waals surface area (Å²) in [5.74, 6) is -2.02. The molecule has 0 spiro atoms. The number of aromatic carboxylic acids is 1. The molecule has 7 heteroatoms. The van der Waals surface area contributed by atoms with Crippen LogP contribution in [0.2, 0.25) is 0 Å². The van der Waals surface area contributed by atoms with Gasteiger partial charge in [-0.05, 0) is 42.0 Å². The maximum atomic E-state index is 13.9. The normalized spacial score (nSPS) is 10.6. The summed E-state index contributed by atoms with van der Waals surface area (Å²) < 4.78 is 47.8. The standard InChI is InChI=1S/C15H11F3O4/c1-21-10-2-3-13(16)12(7-10)8-4-9(14(19)20)6-11(5-8)22-15(17)18/h2-7,15H,1H3,(H,19,20). The molecule has 2 aromatic rings. The summed E-state index contributed by atoms with van der Waals surface area (Å²) >= 11 is 0. The molecule has 0 radical (unpaired) electrons. The molecule has 0 amide bonds. The summed E-state index contributed by atoms with van der Waals surface area (Å²) in [6, 6.07) is 7.10. The van der Waals surface area contributed by atoms with Crippen LogP contribution in [0.1, 0.15) is 10.4 Å². The molecule has 0 aliphatic carbocycles. The lowest BCUT2D eigenvalue weighted by Gasteiger charge is -2.11. The van der Waals surface area contributed by atoms with E-state index in [0.717, 1.165) is 18.2 Å². The van der Waals surface area contributed by atoms with Gasteiger partial charge in [-0.25, -0.2) is 9.18 Å². The number of ether oxygens (including phenoxy) is 2. The monoisotopic (exact) mass is 312 g/mol. The van der Waals surface area contributed by atoms with Gasteiger partial charge in [0.15, 0.2) is 0 Å². The van der Waals surface area contributed by atoms with E-state index in [0.29, 0.717) is 5.75 Å². The van der Waals surface area contributed by atoms with E-state index < -0.39 is 18.4 Å². The fourth-order valence-electron chi connectivity index (χ4n) is 1.90. The number of carboxylic acids is 1. The van der Waals surface area contributed by atoms with Crippen LogP contribution >= 0.6 is 0 Å². The van der Waals surface area contributed by atoms with Crippen LogP contribution in [0.4, 0.5) is 13.2 Å². The predicted octanol–water partition coefficient (Wildman–Crippen LogP) is 3.80. The topological polar surface area (TPSA) is 55.8 Å². The third-order valence-corrected chi connectivity index (χ3v) is 2.86. The molecule has 2 aromatic carbocycles. The van der Waals surface area contributed by atoms with Gasteiger partial charge in [-0.15, -0.1) is 0 Å². The molecule has 22 heavy (non-hydrogen) atoms. The summed E-state index contributed by atoms with van der Waals surface area (Å²) in [7, 11) is 1.38. The van der Waals surface area contributed by atoms with Crippen molar-refractivity contribution in [1.82, 2.24) is 0 Å². The zero-order valence-electron chi connectivity index (χ0n) is 11.3. The SMILES string of the molecule is COc1ccc(F)c(-c2cc(OC(F)F)cc(C(=O)O)c2)c1. The Kier molecular flexibility index (Phi) is 4.55. The third kappa shape index (κ3) is 3.49. The minimum absolute atomic E-state index is 0.0153. The lowest BCUT2D eigenvalue weighted by atomic mass is 10.0. The molecule has 0 saturated heterocycles. The van der Waals surface area contributed by atoms with Gasteiger partial charge in [-0.2, -0.15) is 8.78 Å². The van der Waals surface area contributed by atoms with E-state index in [4.69, 9.17) is 9.84 Å². The van der Waals surface area contributed by atoms with E-state index in [1.54, 1.807) is 0 Å². The highest BCUT2D eigenvalue weighted by Gasteiger charge is 2.15. The Hall–Kier alpha value is -2.70. The van der Waals surface area contributed by atoms with Gasteiger partial charge in [0, 0.05) is 5.56 Å². The molecule has 4 nitrogen and oxygen atoms in total. The lowest BCUT2D eigenvalue weighted by molar-refractivity contribution is -0.0498. The zero-order chi connectivity index (χ0) is 16.3. The number of methoxy groups -OCH3 is 1. The van der Waals surface area contributed by atoms with E-state index in [1.165, 1.54) is 25.3 Å². The average molecular weight is 312 g/mol. The predicted molar refractivity (Wildman–Crippen MR) is 72.0 cm³/mol. The van der Waals surface area contributed by atoms with Gasteiger partial charge < -0.3 is 14.6 Å². The Bertz CT molecular complexity index is 701. The summed E-state index contributed by atoms with van der Waals surface area (Å²) in [6.45, 7) is -3.12. The van der Waals surface area contributed by atoms with E-state index in [2.05, 4.69) is 4.74 Å². The van der Waals surface area contributed by atoms with Crippen LogP contribution in [-0.2, 0) is 0 Å². The van der Waals surface area contributed by atoms with Crippen LogP contribution in [0.25, 0.3) is 11.1 Å². The van der Waals surface area contributed by atoms with E-state index in [1.807, 2.05) is 0 Å². The first kappa shape index (κ1) is 15.7. The second-order valence-corrected chi connectivity index (χ2v) is 4.28. The largest absolute Gasteiger partial charge is 0.497 e. The quantitative estimate of drug-likeness (QED) is 0.912. The van der Waals surface area contributed by atoms with Crippen molar-refractivity contribution < 1.29 is 32.5 Å². The second kappa shape index (κ2) is 6.38. The number of carboxylic acid groups (broad SMARTS) is 1. The van der Waals surface area contributed by atoms with Gasteiger partial charge in [0.2, 0.25) is 0 Å². The van der Waals surface area contributed by atoms with E-state index in [-0.39, 0.29) is 22.4 Å². The maximum absolute atomic E-state index is 13.9. The van der Waals surface area contributed by atoms with Crippen molar-refractivity contribution in [2.75, 3.05) is 7.11 Å². The Morgan fingerprint density at radius 3 is 2.45 bits per heavy atom. The van der Waals surface area contributed by atoms with Crippen molar-refractivity contribution >= 4 is 5.97 Å². The van der Waals surface area contributed by atoms with Crippen molar-refractivity contribution in [3.05, 3.63) is 47.8 Å². The molecular weight excluding hydrogens is 301 g/mol. The number of rotatable bonds is 5. The fourth-order valence-corrected chi connectivity index (χ4v) is 1.90. The number of hydrogen-bond donors (Lipinski definition) is 1. The smallest absolute Gasteiger partial charge is 0.387 e. The first-order valence-electron chi connectivity index (χ1n) is 6.08. The molecular formula is C15H11F3O4. The molecule has 1 N–H and O–H groups in total. The van der Waals surface area contributed by atoms with Gasteiger partial charge in [0.1, 0.15) is 17.3 Å². The lowest BCUT2D eigenvalue weighted by Crippen LogP contribution is -2.04. The van der Waals surface area contributed by atoms with Crippen LogP contribution < -0.4 is 9.47 Å². The number of alkyl halides is 2. The zero-order valence-corrected chi connectivity index (χ0v) is 11.3. The molecule has 2 rings (SSSR count). The van der Waals surface area contributed by atoms with Crippen molar-refractivity contribution in [1.29, 1.82) is 0 Å². The van der Waals surface area contributed by atoms with E-state index >= 15 is 0 Å². The molecule has 116 valence electrons. The highest BCUT2D eigenvalue weighted by molar-refractivity contribution is 5.90. The van der Waals surface area contributed by atoms with Crippen LogP contribution in [0.5, 0.6) is 11.5 Å². The second-order valence-electron chi connectivity index (χ2n) is 4.28. The van der Waals surface area contributed by atoms with Gasteiger partial charge in [-0.1, -0.05) is 0 Å². The van der Waals surface area contributed by atoms with E-state index in [9.17, 15) is 18.0 Å². The first-order valence-corrected chi connectivity index (χ1v) is 6.08. The van der Waals surface area contributed by atoms with Crippen LogP contribution in [-0.4, -0.2) is 24.8 Å². The summed E-state index contributed by atoms with van der Waals surface area (Å²) in [4.78, 5) is 11.1.